The lowest BCUT2D eigenvalue weighted by molar-refractivity contribution is -0.442. The van der Waals surface area contributed by atoms with Gasteiger partial charge in [-0.05, 0) is 6.42 Å². The molecular formula is C4H11N2+. The molecule has 2 atom stereocenters. The maximum atomic E-state index is 5.46. The maximum Gasteiger partial charge on any atom is 0.0997 e. The van der Waals surface area contributed by atoms with Gasteiger partial charge in [0.1, 0.15) is 0 Å². The molecule has 0 heterocycles. The Morgan fingerprint density at radius 3 is 2.00 bits per heavy atom. The Labute approximate surface area is 37.5 Å². The van der Waals surface area contributed by atoms with Crippen molar-refractivity contribution in [3.05, 3.63) is 0 Å². The van der Waals surface area contributed by atoms with Gasteiger partial charge in [0.05, 0.1) is 12.1 Å². The highest BCUT2D eigenvalue weighted by Gasteiger charge is 2.26. The van der Waals surface area contributed by atoms with E-state index in [2.05, 4.69) is 5.73 Å². The van der Waals surface area contributed by atoms with Crippen molar-refractivity contribution >= 4 is 0 Å². The van der Waals surface area contributed by atoms with Gasteiger partial charge in [-0.1, -0.05) is 0 Å². The smallest absolute Gasteiger partial charge is 0.0997 e. The maximum absolute atomic E-state index is 5.46. The summed E-state index contributed by atoms with van der Waals surface area (Å²) in [7, 11) is 0. The SMILES string of the molecule is NC1CCC1[NH3+]. The third-order valence-corrected chi connectivity index (χ3v) is 1.48. The summed E-state index contributed by atoms with van der Waals surface area (Å²) < 4.78 is 0. The number of hydrogen-bond acceptors (Lipinski definition) is 1. The van der Waals surface area contributed by atoms with E-state index >= 15 is 0 Å². The lowest BCUT2D eigenvalue weighted by Gasteiger charge is -2.25. The molecule has 36 valence electrons. The highest BCUT2D eigenvalue weighted by Crippen LogP contribution is 2.11. The van der Waals surface area contributed by atoms with Gasteiger partial charge < -0.3 is 11.5 Å². The van der Waals surface area contributed by atoms with Crippen molar-refractivity contribution in [2.24, 2.45) is 5.73 Å². The van der Waals surface area contributed by atoms with Crippen LogP contribution in [0.3, 0.4) is 0 Å². The standard InChI is InChI=1S/C4H10N2/c5-3-1-2-4(3)6/h3-4H,1-2,5-6H2/p+1. The van der Waals surface area contributed by atoms with Crippen LogP contribution in [0.5, 0.6) is 0 Å². The van der Waals surface area contributed by atoms with E-state index in [9.17, 15) is 0 Å². The normalized spacial score (nSPS) is 45.0. The summed E-state index contributed by atoms with van der Waals surface area (Å²) in [5, 5.41) is 0. The van der Waals surface area contributed by atoms with Gasteiger partial charge in [-0.3, -0.25) is 0 Å². The van der Waals surface area contributed by atoms with Crippen molar-refractivity contribution < 1.29 is 5.73 Å². The van der Waals surface area contributed by atoms with Crippen LogP contribution in [0.1, 0.15) is 12.8 Å². The first kappa shape index (κ1) is 4.09. The second kappa shape index (κ2) is 1.21. The fourth-order valence-electron chi connectivity index (χ4n) is 0.595. The van der Waals surface area contributed by atoms with Crippen LogP contribution in [0.2, 0.25) is 0 Å². The quantitative estimate of drug-likeness (QED) is 0.380. The molecule has 0 saturated heterocycles. The number of quaternary nitrogens is 1. The van der Waals surface area contributed by atoms with Crippen molar-refractivity contribution in [1.82, 2.24) is 0 Å². The fourth-order valence-corrected chi connectivity index (χ4v) is 0.595. The molecule has 6 heavy (non-hydrogen) atoms. The molecule has 0 radical (unpaired) electrons. The number of nitrogens with two attached hydrogens (primary N) is 1. The highest BCUT2D eigenvalue weighted by atomic mass is 14.8. The van der Waals surface area contributed by atoms with Crippen molar-refractivity contribution in [2.45, 2.75) is 24.9 Å². The number of rotatable bonds is 0. The van der Waals surface area contributed by atoms with Crippen LogP contribution in [-0.2, 0) is 0 Å². The third kappa shape index (κ3) is 0.420. The Morgan fingerprint density at radius 2 is 2.00 bits per heavy atom. The summed E-state index contributed by atoms with van der Waals surface area (Å²) in [6, 6.07) is 0.981. The van der Waals surface area contributed by atoms with Crippen LogP contribution in [0.4, 0.5) is 0 Å². The summed E-state index contributed by atoms with van der Waals surface area (Å²) in [5.41, 5.74) is 9.26. The Kier molecular flexibility index (Phi) is 0.821. The van der Waals surface area contributed by atoms with Crippen LogP contribution in [0.15, 0.2) is 0 Å². The summed E-state index contributed by atoms with van der Waals surface area (Å²) in [5.74, 6) is 0. The first-order chi connectivity index (χ1) is 2.80. The molecule has 1 aliphatic carbocycles. The number of hydrogen-bond donors (Lipinski definition) is 2. The van der Waals surface area contributed by atoms with Gasteiger partial charge in [0.15, 0.2) is 0 Å². The van der Waals surface area contributed by atoms with E-state index < -0.39 is 0 Å². The average Bonchev–Trinajstić information content (AvgIpc) is 1.61. The predicted molar refractivity (Wildman–Crippen MR) is 23.9 cm³/mol. The molecule has 1 aliphatic rings. The molecule has 2 nitrogen and oxygen atoms in total. The molecule has 0 amide bonds. The zero-order valence-corrected chi connectivity index (χ0v) is 3.85. The zero-order valence-electron chi connectivity index (χ0n) is 3.85. The van der Waals surface area contributed by atoms with E-state index in [-0.39, 0.29) is 0 Å². The molecular weight excluding hydrogens is 76.1 g/mol. The molecule has 0 aromatic rings. The lowest BCUT2D eigenvalue weighted by atomic mass is 9.88. The second-order valence-electron chi connectivity index (χ2n) is 2.00. The van der Waals surface area contributed by atoms with Crippen LogP contribution in [0, 0.1) is 0 Å². The van der Waals surface area contributed by atoms with E-state index in [1.165, 1.54) is 12.8 Å². The Balaban J connectivity index is 2.20. The zero-order chi connectivity index (χ0) is 4.57. The fraction of sp³-hybridized carbons (Fsp3) is 1.00. The predicted octanol–water partition coefficient (Wildman–Crippen LogP) is -1.28. The Hall–Kier alpha value is -0.0800. The molecule has 2 heteroatoms. The van der Waals surface area contributed by atoms with Gasteiger partial charge in [-0.15, -0.1) is 0 Å². The van der Waals surface area contributed by atoms with E-state index in [4.69, 9.17) is 5.73 Å². The molecule has 0 bridgehead atoms. The Morgan fingerprint density at radius 1 is 1.50 bits per heavy atom. The molecule has 0 aromatic carbocycles. The monoisotopic (exact) mass is 87.1 g/mol. The minimum absolute atomic E-state index is 0.421. The molecule has 5 N–H and O–H groups in total. The third-order valence-electron chi connectivity index (χ3n) is 1.48. The molecule has 1 fully saturated rings. The largest absolute Gasteiger partial charge is 0.354 e. The highest BCUT2D eigenvalue weighted by molar-refractivity contribution is 4.81. The van der Waals surface area contributed by atoms with Gasteiger partial charge in [0.25, 0.3) is 0 Å². The van der Waals surface area contributed by atoms with Crippen molar-refractivity contribution in [3.63, 3.8) is 0 Å². The lowest BCUT2D eigenvalue weighted by Crippen LogP contribution is -2.73. The molecule has 0 aliphatic heterocycles. The summed E-state index contributed by atoms with van der Waals surface area (Å²) in [4.78, 5) is 0. The van der Waals surface area contributed by atoms with Gasteiger partial charge in [-0.25, -0.2) is 0 Å². The molecule has 1 rings (SSSR count). The van der Waals surface area contributed by atoms with E-state index in [0.717, 1.165) is 0 Å². The summed E-state index contributed by atoms with van der Waals surface area (Å²) in [6.45, 7) is 0. The summed E-state index contributed by atoms with van der Waals surface area (Å²) >= 11 is 0. The summed E-state index contributed by atoms with van der Waals surface area (Å²) in [6.07, 6.45) is 2.43. The van der Waals surface area contributed by atoms with Crippen molar-refractivity contribution in [3.8, 4) is 0 Å². The van der Waals surface area contributed by atoms with E-state index in [1.54, 1.807) is 0 Å². The van der Waals surface area contributed by atoms with Crippen LogP contribution in [-0.4, -0.2) is 12.1 Å². The molecule has 2 unspecified atom stereocenters. The van der Waals surface area contributed by atoms with Crippen LogP contribution >= 0.6 is 0 Å². The topological polar surface area (TPSA) is 53.7 Å². The van der Waals surface area contributed by atoms with Gasteiger partial charge in [0.2, 0.25) is 0 Å². The van der Waals surface area contributed by atoms with Crippen molar-refractivity contribution in [2.75, 3.05) is 0 Å². The van der Waals surface area contributed by atoms with Gasteiger partial charge in [-0.2, -0.15) is 0 Å². The minimum atomic E-state index is 0.421. The van der Waals surface area contributed by atoms with Gasteiger partial charge >= 0.3 is 0 Å². The van der Waals surface area contributed by atoms with Crippen LogP contribution in [0.25, 0.3) is 0 Å². The van der Waals surface area contributed by atoms with E-state index in [0.29, 0.717) is 12.1 Å². The molecule has 0 aromatic heterocycles. The van der Waals surface area contributed by atoms with Crippen molar-refractivity contribution in [1.29, 1.82) is 0 Å². The first-order valence-electron chi connectivity index (χ1n) is 2.39. The first-order valence-corrected chi connectivity index (χ1v) is 2.39. The van der Waals surface area contributed by atoms with Crippen LogP contribution < -0.4 is 11.5 Å². The minimum Gasteiger partial charge on any atom is -0.354 e. The van der Waals surface area contributed by atoms with Gasteiger partial charge in [0, 0.05) is 6.42 Å². The second-order valence-corrected chi connectivity index (χ2v) is 2.00. The average molecular weight is 87.1 g/mol. The molecule has 0 spiro atoms. The Bertz CT molecular complexity index is 45.5. The van der Waals surface area contributed by atoms with E-state index in [1.807, 2.05) is 0 Å². The molecule has 1 saturated carbocycles.